The molecule has 1 aliphatic rings. The molecule has 2 N–H and O–H groups in total. The average Bonchev–Trinajstić information content (AvgIpc) is 2.95. The normalized spacial score (nSPS) is 17.4. The lowest BCUT2D eigenvalue weighted by Gasteiger charge is -2.25. The van der Waals surface area contributed by atoms with E-state index in [0.29, 0.717) is 13.1 Å². The van der Waals surface area contributed by atoms with Crippen molar-refractivity contribution in [3.8, 4) is 0 Å². The van der Waals surface area contributed by atoms with Crippen molar-refractivity contribution >= 4 is 21.9 Å². The van der Waals surface area contributed by atoms with E-state index in [1.807, 2.05) is 0 Å². The molecule has 0 saturated carbocycles. The van der Waals surface area contributed by atoms with E-state index >= 15 is 0 Å². The number of carboxylic acids is 1. The topological polar surface area (TPSA) is 109 Å². The first-order valence-corrected chi connectivity index (χ1v) is 9.78. The van der Waals surface area contributed by atoms with Crippen LogP contribution in [0.5, 0.6) is 0 Å². The van der Waals surface area contributed by atoms with Gasteiger partial charge in [0.15, 0.2) is 0 Å². The monoisotopic (exact) mass is 371 g/mol. The van der Waals surface area contributed by atoms with Crippen molar-refractivity contribution in [1.29, 1.82) is 0 Å². The Kier molecular flexibility index (Phi) is 5.89. The molecule has 1 amide bonds. The lowest BCUT2D eigenvalue weighted by molar-refractivity contribution is -0.140. The van der Waals surface area contributed by atoms with Gasteiger partial charge in [-0.3, -0.25) is 4.79 Å². The van der Waals surface area contributed by atoms with Crippen molar-refractivity contribution in [3.63, 3.8) is 0 Å². The summed E-state index contributed by atoms with van der Waals surface area (Å²) in [4.78, 5) is 23.7. The Labute approximate surface area is 147 Å². The Morgan fingerprint density at radius 3 is 2.32 bits per heavy atom. The van der Waals surface area contributed by atoms with E-state index in [4.69, 9.17) is 0 Å². The van der Waals surface area contributed by atoms with E-state index in [9.17, 15) is 23.1 Å². The van der Waals surface area contributed by atoms with E-state index in [1.54, 1.807) is 20.9 Å². The van der Waals surface area contributed by atoms with Crippen LogP contribution in [0.25, 0.3) is 0 Å². The predicted molar refractivity (Wildman–Crippen MR) is 91.8 cm³/mol. The second kappa shape index (κ2) is 7.57. The number of rotatable bonds is 6. The van der Waals surface area contributed by atoms with Crippen molar-refractivity contribution in [2.24, 2.45) is 13.0 Å². The zero-order valence-electron chi connectivity index (χ0n) is 14.7. The van der Waals surface area contributed by atoms with Crippen LogP contribution in [-0.2, 0) is 21.9 Å². The molecule has 2 heterocycles. The van der Waals surface area contributed by atoms with Gasteiger partial charge in [-0.25, -0.2) is 13.2 Å². The highest BCUT2D eigenvalue weighted by atomic mass is 32.2. The lowest BCUT2D eigenvalue weighted by atomic mass is 10.0. The van der Waals surface area contributed by atoms with Crippen LogP contribution >= 0.6 is 0 Å². The summed E-state index contributed by atoms with van der Waals surface area (Å²) >= 11 is 0. The van der Waals surface area contributed by atoms with E-state index < -0.39 is 27.9 Å². The number of amides is 1. The summed E-state index contributed by atoms with van der Waals surface area (Å²) in [5.74, 6) is -2.03. The molecular formula is C16H25N3O5S. The van der Waals surface area contributed by atoms with Crippen LogP contribution in [0.1, 0.15) is 43.6 Å². The summed E-state index contributed by atoms with van der Waals surface area (Å²) in [5, 5.41) is 11.6. The number of sulfonamides is 1. The van der Waals surface area contributed by atoms with Crippen molar-refractivity contribution in [3.05, 3.63) is 18.0 Å². The third-order valence-electron chi connectivity index (χ3n) is 4.38. The highest BCUT2D eigenvalue weighted by molar-refractivity contribution is 7.89. The van der Waals surface area contributed by atoms with Crippen LogP contribution in [0.4, 0.5) is 0 Å². The third kappa shape index (κ3) is 4.21. The van der Waals surface area contributed by atoms with Crippen LogP contribution in [0.15, 0.2) is 17.2 Å². The number of aryl methyl sites for hydroxylation is 1. The Morgan fingerprint density at radius 1 is 1.20 bits per heavy atom. The molecular weight excluding hydrogens is 346 g/mol. The van der Waals surface area contributed by atoms with Crippen LogP contribution in [0.3, 0.4) is 0 Å². The SMILES string of the molecule is CC(C)[C@H](NC(=O)c1cc(S(=O)(=O)N2CCCCC2)cn1C)C(=O)O. The van der Waals surface area contributed by atoms with Gasteiger partial charge < -0.3 is 15.0 Å². The van der Waals surface area contributed by atoms with Gasteiger partial charge in [0.05, 0.1) is 0 Å². The van der Waals surface area contributed by atoms with Gasteiger partial charge in [0.25, 0.3) is 5.91 Å². The quantitative estimate of drug-likeness (QED) is 0.777. The Balaban J connectivity index is 2.24. The number of aliphatic carboxylic acids is 1. The molecule has 1 fully saturated rings. The lowest BCUT2D eigenvalue weighted by Crippen LogP contribution is -2.44. The zero-order valence-corrected chi connectivity index (χ0v) is 15.5. The van der Waals surface area contributed by atoms with Gasteiger partial charge >= 0.3 is 5.97 Å². The number of carbonyl (C=O) groups excluding carboxylic acids is 1. The second-order valence-corrected chi connectivity index (χ2v) is 8.61. The average molecular weight is 371 g/mol. The summed E-state index contributed by atoms with van der Waals surface area (Å²) in [6, 6.07) is 0.267. The van der Waals surface area contributed by atoms with Crippen LogP contribution < -0.4 is 5.32 Å². The minimum atomic E-state index is -3.64. The van der Waals surface area contributed by atoms with Crippen molar-refractivity contribution in [2.75, 3.05) is 13.1 Å². The summed E-state index contributed by atoms with van der Waals surface area (Å²) in [5.41, 5.74) is 0.113. The smallest absolute Gasteiger partial charge is 0.326 e. The molecule has 1 aliphatic heterocycles. The molecule has 1 aromatic heterocycles. The third-order valence-corrected chi connectivity index (χ3v) is 6.25. The number of hydrogen-bond acceptors (Lipinski definition) is 4. The summed E-state index contributed by atoms with van der Waals surface area (Å²) < 4.78 is 28.2. The number of nitrogens with zero attached hydrogens (tertiary/aromatic N) is 2. The minimum Gasteiger partial charge on any atom is -0.480 e. The molecule has 0 unspecified atom stereocenters. The molecule has 140 valence electrons. The van der Waals surface area contributed by atoms with E-state index in [2.05, 4.69) is 5.32 Å². The summed E-state index contributed by atoms with van der Waals surface area (Å²) in [7, 11) is -2.08. The van der Waals surface area contributed by atoms with E-state index in [0.717, 1.165) is 19.3 Å². The number of hydrogen-bond donors (Lipinski definition) is 2. The first-order valence-electron chi connectivity index (χ1n) is 8.34. The van der Waals surface area contributed by atoms with Gasteiger partial charge in [0.1, 0.15) is 16.6 Å². The number of aromatic nitrogens is 1. The van der Waals surface area contributed by atoms with Gasteiger partial charge in [-0.2, -0.15) is 4.31 Å². The summed E-state index contributed by atoms with van der Waals surface area (Å²) in [6.07, 6.45) is 4.06. The van der Waals surface area contributed by atoms with Gasteiger partial charge in [0, 0.05) is 26.3 Å². The maximum absolute atomic E-state index is 12.7. The molecule has 0 spiro atoms. The fourth-order valence-corrected chi connectivity index (χ4v) is 4.47. The standard InChI is InChI=1S/C16H25N3O5S/c1-11(2)14(16(21)22)17-15(20)13-9-12(10-18(13)3)25(23,24)19-7-5-4-6-8-19/h9-11,14H,4-8H2,1-3H3,(H,17,20)(H,21,22)/t14-/m0/s1. The Hall–Kier alpha value is -1.87. The fourth-order valence-electron chi connectivity index (χ4n) is 2.88. The fraction of sp³-hybridized carbons (Fsp3) is 0.625. The van der Waals surface area contributed by atoms with Crippen LogP contribution in [0, 0.1) is 5.92 Å². The molecule has 0 radical (unpaired) electrons. The number of nitrogens with one attached hydrogen (secondary N) is 1. The predicted octanol–water partition coefficient (Wildman–Crippen LogP) is 1.04. The summed E-state index contributed by atoms with van der Waals surface area (Å²) in [6.45, 7) is 4.34. The molecule has 1 atom stereocenters. The van der Waals surface area contributed by atoms with Crippen LogP contribution in [-0.4, -0.2) is 53.4 Å². The molecule has 0 bridgehead atoms. The van der Waals surface area contributed by atoms with Crippen LogP contribution in [0.2, 0.25) is 0 Å². The van der Waals surface area contributed by atoms with Gasteiger partial charge in [0.2, 0.25) is 10.0 Å². The largest absolute Gasteiger partial charge is 0.480 e. The maximum atomic E-state index is 12.7. The van der Waals surface area contributed by atoms with Crippen molar-refractivity contribution in [2.45, 2.75) is 44.0 Å². The Bertz CT molecular complexity index is 748. The molecule has 1 aromatic rings. The zero-order chi connectivity index (χ0) is 18.8. The molecule has 2 rings (SSSR count). The van der Waals surface area contributed by atoms with Crippen molar-refractivity contribution in [1.82, 2.24) is 14.2 Å². The molecule has 0 aromatic carbocycles. The highest BCUT2D eigenvalue weighted by Gasteiger charge is 2.30. The van der Waals surface area contributed by atoms with Gasteiger partial charge in [-0.05, 0) is 24.8 Å². The van der Waals surface area contributed by atoms with Gasteiger partial charge in [-0.1, -0.05) is 20.3 Å². The number of carboxylic acid groups (broad SMARTS) is 1. The van der Waals surface area contributed by atoms with E-state index in [-0.39, 0.29) is 16.5 Å². The van der Waals surface area contributed by atoms with Gasteiger partial charge in [-0.15, -0.1) is 0 Å². The first-order chi connectivity index (χ1) is 11.6. The van der Waals surface area contributed by atoms with E-state index in [1.165, 1.54) is 21.1 Å². The molecule has 1 saturated heterocycles. The molecule has 25 heavy (non-hydrogen) atoms. The number of piperidine rings is 1. The maximum Gasteiger partial charge on any atom is 0.326 e. The number of carbonyl (C=O) groups is 2. The highest BCUT2D eigenvalue weighted by Crippen LogP contribution is 2.22. The molecule has 8 nitrogen and oxygen atoms in total. The van der Waals surface area contributed by atoms with Crippen molar-refractivity contribution < 1.29 is 23.1 Å². The molecule has 0 aliphatic carbocycles. The Morgan fingerprint density at radius 2 is 1.80 bits per heavy atom. The molecule has 9 heteroatoms. The minimum absolute atomic E-state index is 0.0541. The first kappa shape index (κ1) is 19.5. The second-order valence-electron chi connectivity index (χ2n) is 6.67.